The summed E-state index contributed by atoms with van der Waals surface area (Å²) >= 11 is 8.78. The summed E-state index contributed by atoms with van der Waals surface area (Å²) in [6.45, 7) is 0. The van der Waals surface area contributed by atoms with Crippen LogP contribution in [0.1, 0.15) is 5.56 Å². The van der Waals surface area contributed by atoms with Gasteiger partial charge in [0.1, 0.15) is 0 Å². The van der Waals surface area contributed by atoms with Gasteiger partial charge in [-0.3, -0.25) is 4.79 Å². The number of carbonyl (C=O) groups excluding carboxylic acids is 1. The Labute approximate surface area is 120 Å². The van der Waals surface area contributed by atoms with Crippen molar-refractivity contribution in [2.75, 3.05) is 12.5 Å². The Morgan fingerprint density at radius 2 is 1.78 bits per heavy atom. The van der Waals surface area contributed by atoms with Crippen molar-refractivity contribution < 1.29 is 9.90 Å². The largest absolute Gasteiger partial charge is 0.515 e. The third-order valence-electron chi connectivity index (χ3n) is 2.20. The summed E-state index contributed by atoms with van der Waals surface area (Å²) < 4.78 is 0.897. The van der Waals surface area contributed by atoms with Crippen LogP contribution < -0.4 is 0 Å². The van der Waals surface area contributed by atoms with E-state index < -0.39 is 0 Å². The second-order valence-electron chi connectivity index (χ2n) is 3.29. The summed E-state index contributed by atoms with van der Waals surface area (Å²) in [6.07, 6.45) is 6.16. The fourth-order valence-corrected chi connectivity index (χ4v) is 2.54. The SMILES string of the molecule is CSC(=CC(=O)/C(=C\O)c1ccc(Cl)cc1)SC. The van der Waals surface area contributed by atoms with Gasteiger partial charge in [-0.25, -0.2) is 0 Å². The third-order valence-corrected chi connectivity index (χ3v) is 4.49. The molecule has 18 heavy (non-hydrogen) atoms. The molecule has 0 aliphatic carbocycles. The second-order valence-corrected chi connectivity index (χ2v) is 5.68. The van der Waals surface area contributed by atoms with E-state index in [0.717, 1.165) is 10.5 Å². The molecule has 0 aliphatic rings. The van der Waals surface area contributed by atoms with E-state index in [1.54, 1.807) is 24.3 Å². The Hall–Kier alpha value is -0.840. The van der Waals surface area contributed by atoms with Crippen LogP contribution in [0.3, 0.4) is 0 Å². The maximum Gasteiger partial charge on any atom is 0.191 e. The van der Waals surface area contributed by atoms with Gasteiger partial charge in [-0.1, -0.05) is 23.7 Å². The molecular weight excluding hydrogens is 288 g/mol. The number of rotatable bonds is 5. The molecule has 0 radical (unpaired) electrons. The van der Waals surface area contributed by atoms with Gasteiger partial charge < -0.3 is 5.11 Å². The fraction of sp³-hybridized carbons (Fsp3) is 0.154. The number of halogens is 1. The van der Waals surface area contributed by atoms with Crippen molar-refractivity contribution in [3.8, 4) is 0 Å². The number of allylic oxidation sites excluding steroid dienone is 2. The zero-order valence-corrected chi connectivity index (χ0v) is 12.4. The van der Waals surface area contributed by atoms with Crippen LogP contribution in [0.25, 0.3) is 5.57 Å². The molecule has 0 aromatic heterocycles. The van der Waals surface area contributed by atoms with Crippen molar-refractivity contribution in [3.63, 3.8) is 0 Å². The number of ketones is 1. The lowest BCUT2D eigenvalue weighted by molar-refractivity contribution is -0.109. The van der Waals surface area contributed by atoms with Gasteiger partial charge in [0.25, 0.3) is 0 Å². The lowest BCUT2D eigenvalue weighted by atomic mass is 10.0. The quantitative estimate of drug-likeness (QED) is 0.647. The number of aliphatic hydroxyl groups is 1. The number of thioether (sulfide) groups is 2. The van der Waals surface area contributed by atoms with Gasteiger partial charge in [0.2, 0.25) is 0 Å². The van der Waals surface area contributed by atoms with Gasteiger partial charge in [-0.05, 0) is 30.2 Å². The van der Waals surface area contributed by atoms with E-state index in [9.17, 15) is 9.90 Å². The second kappa shape index (κ2) is 7.56. The van der Waals surface area contributed by atoms with E-state index in [0.29, 0.717) is 10.6 Å². The van der Waals surface area contributed by atoms with Gasteiger partial charge in [0, 0.05) is 15.3 Å². The summed E-state index contributed by atoms with van der Waals surface area (Å²) in [5.74, 6) is -0.224. The molecule has 1 N–H and O–H groups in total. The third kappa shape index (κ3) is 4.12. The first-order valence-corrected chi connectivity index (χ1v) is 7.89. The topological polar surface area (TPSA) is 37.3 Å². The Kier molecular flexibility index (Phi) is 6.39. The van der Waals surface area contributed by atoms with Crippen molar-refractivity contribution in [3.05, 3.63) is 51.4 Å². The summed E-state index contributed by atoms with van der Waals surface area (Å²) in [6, 6.07) is 6.77. The van der Waals surface area contributed by atoms with Crippen molar-refractivity contribution in [1.82, 2.24) is 0 Å². The van der Waals surface area contributed by atoms with Crippen LogP contribution in [0.2, 0.25) is 5.02 Å². The van der Waals surface area contributed by atoms with Gasteiger partial charge in [-0.2, -0.15) is 0 Å². The van der Waals surface area contributed by atoms with Crippen LogP contribution in [0.5, 0.6) is 0 Å². The van der Waals surface area contributed by atoms with Crippen LogP contribution in [-0.2, 0) is 4.79 Å². The fourth-order valence-electron chi connectivity index (χ4n) is 1.30. The standard InChI is InChI=1S/C13H13ClO2S2/c1-17-13(18-2)7-12(16)11(8-15)9-3-5-10(14)6-4-9/h3-8,15H,1-2H3/b11-8-. The van der Waals surface area contributed by atoms with Crippen molar-refractivity contribution in [2.24, 2.45) is 0 Å². The number of benzene rings is 1. The Bertz CT molecular complexity index is 472. The monoisotopic (exact) mass is 300 g/mol. The summed E-state index contributed by atoms with van der Waals surface area (Å²) in [7, 11) is 0. The summed E-state index contributed by atoms with van der Waals surface area (Å²) in [5, 5.41) is 9.81. The molecule has 2 nitrogen and oxygen atoms in total. The van der Waals surface area contributed by atoms with E-state index in [-0.39, 0.29) is 11.4 Å². The number of carbonyl (C=O) groups is 1. The molecule has 96 valence electrons. The van der Waals surface area contributed by atoms with E-state index >= 15 is 0 Å². The smallest absolute Gasteiger partial charge is 0.191 e. The first-order valence-electron chi connectivity index (χ1n) is 5.06. The molecule has 0 saturated carbocycles. The molecule has 1 rings (SSSR count). The zero-order chi connectivity index (χ0) is 13.5. The normalized spacial score (nSPS) is 11.2. The van der Waals surface area contributed by atoms with Crippen LogP contribution in [0, 0.1) is 0 Å². The zero-order valence-electron chi connectivity index (χ0n) is 10.0. The Balaban J connectivity index is 3.01. The predicted molar refractivity (Wildman–Crippen MR) is 82.2 cm³/mol. The molecule has 0 fully saturated rings. The summed E-state index contributed by atoms with van der Waals surface area (Å²) in [4.78, 5) is 12.0. The molecular formula is C13H13ClO2S2. The first kappa shape index (κ1) is 15.2. The highest BCUT2D eigenvalue weighted by Crippen LogP contribution is 2.26. The molecule has 0 heterocycles. The summed E-state index contributed by atoms with van der Waals surface area (Å²) in [5.41, 5.74) is 0.900. The van der Waals surface area contributed by atoms with Crippen LogP contribution in [-0.4, -0.2) is 23.4 Å². The first-order chi connectivity index (χ1) is 8.62. The average Bonchev–Trinajstić information content (AvgIpc) is 2.39. The van der Waals surface area contributed by atoms with E-state index in [1.807, 2.05) is 12.5 Å². The number of hydrogen-bond acceptors (Lipinski definition) is 4. The number of hydrogen-bond donors (Lipinski definition) is 1. The van der Waals surface area contributed by atoms with Crippen molar-refractivity contribution >= 4 is 46.5 Å². The average molecular weight is 301 g/mol. The van der Waals surface area contributed by atoms with Crippen molar-refractivity contribution in [1.29, 1.82) is 0 Å². The van der Waals surface area contributed by atoms with Gasteiger partial charge in [-0.15, -0.1) is 23.5 Å². The molecule has 1 aromatic rings. The van der Waals surface area contributed by atoms with Gasteiger partial charge in [0.05, 0.1) is 11.8 Å². The lowest BCUT2D eigenvalue weighted by Crippen LogP contribution is -1.98. The molecule has 5 heteroatoms. The molecule has 0 bridgehead atoms. The van der Waals surface area contributed by atoms with Gasteiger partial charge >= 0.3 is 0 Å². The highest BCUT2D eigenvalue weighted by Gasteiger charge is 2.11. The van der Waals surface area contributed by atoms with E-state index in [4.69, 9.17) is 11.6 Å². The maximum absolute atomic E-state index is 12.0. The van der Waals surface area contributed by atoms with Gasteiger partial charge in [0.15, 0.2) is 5.78 Å². The lowest BCUT2D eigenvalue weighted by Gasteiger charge is -2.04. The van der Waals surface area contributed by atoms with E-state index in [1.165, 1.54) is 29.6 Å². The Morgan fingerprint density at radius 1 is 1.22 bits per heavy atom. The molecule has 0 saturated heterocycles. The van der Waals surface area contributed by atoms with Crippen LogP contribution in [0.4, 0.5) is 0 Å². The minimum Gasteiger partial charge on any atom is -0.515 e. The molecule has 0 amide bonds. The Morgan fingerprint density at radius 3 is 2.22 bits per heavy atom. The predicted octanol–water partition coefficient (Wildman–Crippen LogP) is 4.38. The minimum atomic E-state index is -0.224. The van der Waals surface area contributed by atoms with Crippen LogP contribution in [0.15, 0.2) is 40.8 Å². The molecule has 0 unspecified atom stereocenters. The molecule has 0 aliphatic heterocycles. The highest BCUT2D eigenvalue weighted by molar-refractivity contribution is 8.21. The van der Waals surface area contributed by atoms with Crippen molar-refractivity contribution in [2.45, 2.75) is 0 Å². The molecule has 0 atom stereocenters. The number of aliphatic hydroxyl groups excluding tert-OH is 1. The van der Waals surface area contributed by atoms with Crippen LogP contribution >= 0.6 is 35.1 Å². The highest BCUT2D eigenvalue weighted by atomic mass is 35.5. The molecule has 1 aromatic carbocycles. The molecule has 0 spiro atoms. The minimum absolute atomic E-state index is 0.224. The van der Waals surface area contributed by atoms with E-state index in [2.05, 4.69) is 0 Å². The maximum atomic E-state index is 12.0.